The number of anilines is 1. The minimum Gasteiger partial charge on any atom is -0.308 e. The zero-order valence-electron chi connectivity index (χ0n) is 7.38. The van der Waals surface area contributed by atoms with Gasteiger partial charge < -0.3 is 4.90 Å². The third kappa shape index (κ3) is 1.36. The van der Waals surface area contributed by atoms with Crippen molar-refractivity contribution < 1.29 is 4.79 Å². The molecule has 0 atom stereocenters. The van der Waals surface area contributed by atoms with Crippen LogP contribution in [-0.2, 0) is 4.79 Å². The monoisotopic (exact) mass is 207 g/mol. The van der Waals surface area contributed by atoms with Crippen LogP contribution in [0.25, 0.3) is 0 Å². The molecule has 0 aliphatic carbocycles. The molecule has 1 aromatic rings. The number of thiocarbonyl (C=S) groups is 1. The number of carbonyl (C=O) groups excluding carboxylic acids is 1. The lowest BCUT2D eigenvalue weighted by Gasteiger charge is -2.16. The molecule has 72 valence electrons. The van der Waals surface area contributed by atoms with Gasteiger partial charge in [0.15, 0.2) is 5.11 Å². The van der Waals surface area contributed by atoms with Crippen molar-refractivity contribution in [3.05, 3.63) is 30.3 Å². The molecule has 1 aliphatic rings. The Morgan fingerprint density at radius 3 is 2.43 bits per heavy atom. The molecule has 1 fully saturated rings. The van der Waals surface area contributed by atoms with E-state index in [0.29, 0.717) is 5.11 Å². The van der Waals surface area contributed by atoms with E-state index in [-0.39, 0.29) is 12.5 Å². The molecular weight excluding hydrogens is 198 g/mol. The van der Waals surface area contributed by atoms with Gasteiger partial charge in [0.05, 0.1) is 0 Å². The van der Waals surface area contributed by atoms with Gasteiger partial charge in [-0.05, 0) is 24.4 Å². The maximum absolute atomic E-state index is 11.2. The molecular formula is C9H9N3OS. The van der Waals surface area contributed by atoms with Crippen LogP contribution in [0.2, 0.25) is 0 Å². The van der Waals surface area contributed by atoms with Gasteiger partial charge in [-0.15, -0.1) is 0 Å². The summed E-state index contributed by atoms with van der Waals surface area (Å²) in [6, 6.07) is 9.46. The smallest absolute Gasteiger partial charge is 0.263 e. The predicted molar refractivity (Wildman–Crippen MR) is 57.4 cm³/mol. The number of rotatable bonds is 1. The van der Waals surface area contributed by atoms with Gasteiger partial charge in [-0.25, -0.2) is 10.9 Å². The Hall–Kier alpha value is -1.46. The fraction of sp³-hybridized carbons (Fsp3) is 0.111. The maximum atomic E-state index is 11.2. The topological polar surface area (TPSA) is 49.6 Å². The Bertz CT molecular complexity index is 379. The van der Waals surface area contributed by atoms with Crippen LogP contribution in [0.3, 0.4) is 0 Å². The normalized spacial score (nSPS) is 16.6. The lowest BCUT2D eigenvalue weighted by Crippen LogP contribution is -2.38. The van der Waals surface area contributed by atoms with E-state index in [1.54, 1.807) is 4.90 Å². The molecule has 4 nitrogen and oxygen atoms in total. The molecule has 0 radical (unpaired) electrons. The summed E-state index contributed by atoms with van der Waals surface area (Å²) >= 11 is 5.03. The molecule has 14 heavy (non-hydrogen) atoms. The molecule has 0 aromatic heterocycles. The van der Waals surface area contributed by atoms with Crippen molar-refractivity contribution >= 4 is 28.9 Å². The zero-order chi connectivity index (χ0) is 10.1. The fourth-order valence-electron chi connectivity index (χ4n) is 1.33. The van der Waals surface area contributed by atoms with Crippen LogP contribution in [0.4, 0.5) is 5.69 Å². The number of carbonyl (C=O) groups is 1. The van der Waals surface area contributed by atoms with Gasteiger partial charge in [-0.3, -0.25) is 4.79 Å². The van der Waals surface area contributed by atoms with Gasteiger partial charge in [-0.2, -0.15) is 0 Å². The van der Waals surface area contributed by atoms with Crippen molar-refractivity contribution in [2.45, 2.75) is 0 Å². The standard InChI is InChI=1S/C9H9N3OS/c10-12-8(13)6-11(9(12)14)7-4-2-1-3-5-7/h1-5H,6,10H2. The van der Waals surface area contributed by atoms with Crippen LogP contribution in [0.5, 0.6) is 0 Å². The highest BCUT2D eigenvalue weighted by atomic mass is 32.1. The average molecular weight is 207 g/mol. The Morgan fingerprint density at radius 1 is 1.29 bits per heavy atom. The van der Waals surface area contributed by atoms with Crippen LogP contribution >= 0.6 is 12.2 Å². The summed E-state index contributed by atoms with van der Waals surface area (Å²) < 4.78 is 0. The minimum absolute atomic E-state index is 0.182. The van der Waals surface area contributed by atoms with Crippen molar-refractivity contribution in [2.75, 3.05) is 11.4 Å². The number of nitrogens with two attached hydrogens (primary N) is 1. The second-order valence-electron chi connectivity index (χ2n) is 2.97. The fourth-order valence-corrected chi connectivity index (χ4v) is 1.60. The van der Waals surface area contributed by atoms with Crippen molar-refractivity contribution in [1.82, 2.24) is 5.01 Å². The molecule has 1 aliphatic heterocycles. The van der Waals surface area contributed by atoms with Crippen molar-refractivity contribution in [3.8, 4) is 0 Å². The average Bonchev–Trinajstić information content (AvgIpc) is 2.47. The number of nitrogens with zero attached hydrogens (tertiary/aromatic N) is 2. The van der Waals surface area contributed by atoms with Crippen LogP contribution < -0.4 is 10.7 Å². The third-order valence-corrected chi connectivity index (χ3v) is 2.48. The van der Waals surface area contributed by atoms with Gasteiger partial charge in [0.25, 0.3) is 5.91 Å². The van der Waals surface area contributed by atoms with Crippen LogP contribution in [0.15, 0.2) is 30.3 Å². The lowest BCUT2D eigenvalue weighted by molar-refractivity contribution is -0.124. The SMILES string of the molecule is NN1C(=O)CN(c2ccccc2)C1=S. The highest BCUT2D eigenvalue weighted by Gasteiger charge is 2.31. The van der Waals surface area contributed by atoms with Crippen molar-refractivity contribution in [3.63, 3.8) is 0 Å². The van der Waals surface area contributed by atoms with Gasteiger partial charge in [-0.1, -0.05) is 18.2 Å². The first kappa shape index (κ1) is 9.11. The summed E-state index contributed by atoms with van der Waals surface area (Å²) in [5.41, 5.74) is 0.888. The molecule has 2 N–H and O–H groups in total. The molecule has 2 rings (SSSR count). The Kier molecular flexibility index (Phi) is 2.18. The van der Waals surface area contributed by atoms with E-state index in [1.165, 1.54) is 0 Å². The summed E-state index contributed by atoms with van der Waals surface area (Å²) in [5.74, 6) is 5.27. The highest BCUT2D eigenvalue weighted by molar-refractivity contribution is 7.80. The van der Waals surface area contributed by atoms with E-state index in [9.17, 15) is 4.79 Å². The molecule has 1 heterocycles. The molecule has 0 saturated carbocycles. The number of para-hydroxylation sites is 1. The number of benzene rings is 1. The summed E-state index contributed by atoms with van der Waals surface area (Å²) in [5, 5.41) is 1.35. The first-order valence-corrected chi connectivity index (χ1v) is 4.55. The van der Waals surface area contributed by atoms with E-state index < -0.39 is 0 Å². The third-order valence-electron chi connectivity index (χ3n) is 2.07. The first-order valence-electron chi connectivity index (χ1n) is 4.14. The minimum atomic E-state index is -0.182. The molecule has 1 aromatic carbocycles. The zero-order valence-corrected chi connectivity index (χ0v) is 8.20. The van der Waals surface area contributed by atoms with Crippen LogP contribution in [0.1, 0.15) is 0 Å². The molecule has 0 bridgehead atoms. The summed E-state index contributed by atoms with van der Waals surface area (Å²) in [4.78, 5) is 12.9. The first-order chi connectivity index (χ1) is 6.70. The molecule has 0 unspecified atom stereocenters. The van der Waals surface area contributed by atoms with Gasteiger partial charge >= 0.3 is 0 Å². The van der Waals surface area contributed by atoms with Crippen LogP contribution in [-0.4, -0.2) is 22.6 Å². The maximum Gasteiger partial charge on any atom is 0.263 e. The largest absolute Gasteiger partial charge is 0.308 e. The Morgan fingerprint density at radius 2 is 1.93 bits per heavy atom. The number of hydrogen-bond donors (Lipinski definition) is 1. The molecule has 1 amide bonds. The predicted octanol–water partition coefficient (Wildman–Crippen LogP) is 0.494. The van der Waals surface area contributed by atoms with Gasteiger partial charge in [0.1, 0.15) is 6.54 Å². The van der Waals surface area contributed by atoms with E-state index in [2.05, 4.69) is 0 Å². The second-order valence-corrected chi connectivity index (χ2v) is 3.33. The quantitative estimate of drug-likeness (QED) is 0.414. The van der Waals surface area contributed by atoms with E-state index in [0.717, 1.165) is 10.7 Å². The van der Waals surface area contributed by atoms with Gasteiger partial charge in [0.2, 0.25) is 0 Å². The van der Waals surface area contributed by atoms with E-state index in [4.69, 9.17) is 18.1 Å². The van der Waals surface area contributed by atoms with Crippen molar-refractivity contribution in [1.29, 1.82) is 0 Å². The molecule has 5 heteroatoms. The molecule has 0 spiro atoms. The number of amides is 1. The summed E-state index contributed by atoms with van der Waals surface area (Å²) in [6.07, 6.45) is 0. The highest BCUT2D eigenvalue weighted by Crippen LogP contribution is 2.18. The summed E-state index contributed by atoms with van der Waals surface area (Å²) in [6.45, 7) is 0.222. The second kappa shape index (κ2) is 3.36. The van der Waals surface area contributed by atoms with E-state index >= 15 is 0 Å². The van der Waals surface area contributed by atoms with Gasteiger partial charge in [0, 0.05) is 5.69 Å². The van der Waals surface area contributed by atoms with Crippen molar-refractivity contribution in [2.24, 2.45) is 5.84 Å². The Labute approximate surface area is 86.9 Å². The van der Waals surface area contributed by atoms with E-state index in [1.807, 2.05) is 30.3 Å². The number of hydrazine groups is 1. The Balaban J connectivity index is 2.30. The summed E-state index contributed by atoms with van der Waals surface area (Å²) in [7, 11) is 0. The number of hydrogen-bond acceptors (Lipinski definition) is 3. The lowest BCUT2D eigenvalue weighted by atomic mass is 10.3. The van der Waals surface area contributed by atoms with Crippen LogP contribution in [0, 0.1) is 0 Å². The molecule has 1 saturated heterocycles.